The zero-order chi connectivity index (χ0) is 14.9. The first-order chi connectivity index (χ1) is 10.1. The van der Waals surface area contributed by atoms with E-state index in [9.17, 15) is 9.59 Å². The molecular weight excluding hydrogens is 264 g/mol. The zero-order valence-corrected chi connectivity index (χ0v) is 12.5. The molecule has 4 heteroatoms. The minimum atomic E-state index is -0.0329. The number of carbonyl (C=O) groups excluding carboxylic acids is 2. The van der Waals surface area contributed by atoms with Crippen LogP contribution >= 0.6 is 0 Å². The molecule has 2 aliphatic rings. The summed E-state index contributed by atoms with van der Waals surface area (Å²) in [6.45, 7) is 0.783. The molecule has 1 heterocycles. The van der Waals surface area contributed by atoms with Gasteiger partial charge in [0.1, 0.15) is 0 Å². The number of imide groups is 1. The van der Waals surface area contributed by atoms with Gasteiger partial charge in [-0.05, 0) is 43.0 Å². The van der Waals surface area contributed by atoms with Gasteiger partial charge in [0, 0.05) is 19.4 Å². The largest absolute Gasteiger partial charge is 0.316 e. The van der Waals surface area contributed by atoms with Crippen molar-refractivity contribution in [2.45, 2.75) is 45.1 Å². The fourth-order valence-corrected chi connectivity index (χ4v) is 3.73. The van der Waals surface area contributed by atoms with Crippen LogP contribution < -0.4 is 10.2 Å². The normalized spacial score (nSPS) is 21.3. The van der Waals surface area contributed by atoms with E-state index < -0.39 is 0 Å². The van der Waals surface area contributed by atoms with Crippen molar-refractivity contribution in [3.63, 3.8) is 0 Å². The first-order valence-electron chi connectivity index (χ1n) is 7.73. The Kier molecular flexibility index (Phi) is 3.81. The molecule has 3 rings (SSSR count). The SMILES string of the molecule is CNCc1ccc(N2C(=O)CC3(CCCC3)CC2=O)cc1. The van der Waals surface area contributed by atoms with Crippen LogP contribution in [0.4, 0.5) is 5.69 Å². The minimum Gasteiger partial charge on any atom is -0.316 e. The number of anilines is 1. The maximum absolute atomic E-state index is 12.5. The van der Waals surface area contributed by atoms with Gasteiger partial charge in [-0.3, -0.25) is 14.5 Å². The van der Waals surface area contributed by atoms with Gasteiger partial charge < -0.3 is 5.32 Å². The van der Waals surface area contributed by atoms with Crippen LogP contribution in [0, 0.1) is 5.41 Å². The molecule has 1 aromatic rings. The average molecular weight is 286 g/mol. The van der Waals surface area contributed by atoms with Crippen molar-refractivity contribution in [1.82, 2.24) is 5.32 Å². The second kappa shape index (κ2) is 5.60. The molecule has 0 radical (unpaired) electrons. The van der Waals surface area contributed by atoms with Crippen LogP contribution in [0.1, 0.15) is 44.1 Å². The minimum absolute atomic E-state index is 0.0310. The Morgan fingerprint density at radius 3 is 2.14 bits per heavy atom. The lowest BCUT2D eigenvalue weighted by Gasteiger charge is -2.37. The highest BCUT2D eigenvalue weighted by molar-refractivity contribution is 6.17. The molecule has 0 aromatic heterocycles. The van der Waals surface area contributed by atoms with Crippen LogP contribution in [-0.4, -0.2) is 18.9 Å². The van der Waals surface area contributed by atoms with E-state index in [2.05, 4.69) is 5.32 Å². The zero-order valence-electron chi connectivity index (χ0n) is 12.5. The van der Waals surface area contributed by atoms with Gasteiger partial charge in [0.25, 0.3) is 0 Å². The number of hydrogen-bond donors (Lipinski definition) is 1. The molecule has 0 unspecified atom stereocenters. The van der Waals surface area contributed by atoms with Gasteiger partial charge in [-0.25, -0.2) is 0 Å². The maximum Gasteiger partial charge on any atom is 0.234 e. The molecule has 1 aromatic carbocycles. The average Bonchev–Trinajstić information content (AvgIpc) is 2.88. The van der Waals surface area contributed by atoms with E-state index in [4.69, 9.17) is 0 Å². The van der Waals surface area contributed by atoms with E-state index in [1.165, 1.54) is 4.90 Å². The first kappa shape index (κ1) is 14.3. The number of amides is 2. The van der Waals surface area contributed by atoms with Gasteiger partial charge in [-0.15, -0.1) is 0 Å². The molecule has 1 saturated heterocycles. The summed E-state index contributed by atoms with van der Waals surface area (Å²) in [5.74, 6) is -0.0657. The molecule has 1 N–H and O–H groups in total. The summed E-state index contributed by atoms with van der Waals surface area (Å²) < 4.78 is 0. The summed E-state index contributed by atoms with van der Waals surface area (Å²) >= 11 is 0. The van der Waals surface area contributed by atoms with Crippen LogP contribution in [0.3, 0.4) is 0 Å². The highest BCUT2D eigenvalue weighted by Gasteiger charge is 2.45. The predicted octanol–water partition coefficient (Wildman–Crippen LogP) is 2.62. The van der Waals surface area contributed by atoms with Crippen LogP contribution in [0.5, 0.6) is 0 Å². The molecule has 0 bridgehead atoms. The number of benzene rings is 1. The van der Waals surface area contributed by atoms with Crippen LogP contribution in [0.15, 0.2) is 24.3 Å². The van der Waals surface area contributed by atoms with Crippen molar-refractivity contribution in [3.8, 4) is 0 Å². The Hall–Kier alpha value is -1.68. The molecule has 2 amide bonds. The lowest BCUT2D eigenvalue weighted by Crippen LogP contribution is -2.47. The van der Waals surface area contributed by atoms with E-state index in [-0.39, 0.29) is 17.2 Å². The monoisotopic (exact) mass is 286 g/mol. The summed E-state index contributed by atoms with van der Waals surface area (Å²) in [5, 5.41) is 3.09. The van der Waals surface area contributed by atoms with E-state index in [0.717, 1.165) is 37.8 Å². The van der Waals surface area contributed by atoms with Crippen molar-refractivity contribution >= 4 is 17.5 Å². The fraction of sp³-hybridized carbons (Fsp3) is 0.529. The molecular formula is C17H22N2O2. The number of carbonyl (C=O) groups is 2. The van der Waals surface area contributed by atoms with Gasteiger partial charge >= 0.3 is 0 Å². The van der Waals surface area contributed by atoms with E-state index in [0.29, 0.717) is 18.5 Å². The highest BCUT2D eigenvalue weighted by atomic mass is 16.2. The molecule has 1 saturated carbocycles. The summed E-state index contributed by atoms with van der Waals surface area (Å²) in [5.41, 5.74) is 1.82. The third kappa shape index (κ3) is 2.72. The molecule has 0 atom stereocenters. The van der Waals surface area contributed by atoms with Crippen molar-refractivity contribution in [2.75, 3.05) is 11.9 Å². The van der Waals surface area contributed by atoms with E-state index >= 15 is 0 Å². The number of rotatable bonds is 3. The number of piperidine rings is 1. The Balaban J connectivity index is 1.79. The van der Waals surface area contributed by atoms with Crippen LogP contribution in [0.25, 0.3) is 0 Å². The molecule has 2 fully saturated rings. The standard InChI is InChI=1S/C17H22N2O2/c1-18-12-13-4-6-14(7-5-13)19-15(20)10-17(11-16(19)21)8-2-3-9-17/h4-7,18H,2-3,8-12H2,1H3. The quantitative estimate of drug-likeness (QED) is 0.869. The van der Waals surface area contributed by atoms with Crippen LogP contribution in [0.2, 0.25) is 0 Å². The van der Waals surface area contributed by atoms with Gasteiger partial charge in [0.15, 0.2) is 0 Å². The Morgan fingerprint density at radius 2 is 1.62 bits per heavy atom. The number of nitrogens with zero attached hydrogens (tertiary/aromatic N) is 1. The van der Waals surface area contributed by atoms with Crippen molar-refractivity contribution in [1.29, 1.82) is 0 Å². The summed E-state index contributed by atoms with van der Waals surface area (Å²) in [7, 11) is 1.90. The topological polar surface area (TPSA) is 49.4 Å². The predicted molar refractivity (Wildman–Crippen MR) is 81.8 cm³/mol. The van der Waals surface area contributed by atoms with Gasteiger partial charge in [0.05, 0.1) is 5.69 Å². The van der Waals surface area contributed by atoms with Crippen molar-refractivity contribution < 1.29 is 9.59 Å². The van der Waals surface area contributed by atoms with E-state index in [1.807, 2.05) is 31.3 Å². The summed E-state index contributed by atoms with van der Waals surface area (Å²) in [6.07, 6.45) is 5.41. The third-order valence-electron chi connectivity index (χ3n) is 4.79. The fourth-order valence-electron chi connectivity index (χ4n) is 3.73. The van der Waals surface area contributed by atoms with Crippen LogP contribution in [-0.2, 0) is 16.1 Å². The Labute approximate surface area is 125 Å². The van der Waals surface area contributed by atoms with Gasteiger partial charge in [-0.1, -0.05) is 25.0 Å². The summed E-state index contributed by atoms with van der Waals surface area (Å²) in [6, 6.07) is 7.67. The van der Waals surface area contributed by atoms with Crippen molar-refractivity contribution in [3.05, 3.63) is 29.8 Å². The smallest absolute Gasteiger partial charge is 0.234 e. The van der Waals surface area contributed by atoms with Crippen molar-refractivity contribution in [2.24, 2.45) is 5.41 Å². The summed E-state index contributed by atoms with van der Waals surface area (Å²) in [4.78, 5) is 26.3. The molecule has 1 aliphatic carbocycles. The second-order valence-corrected chi connectivity index (χ2v) is 6.38. The molecule has 1 aliphatic heterocycles. The molecule has 112 valence electrons. The van der Waals surface area contributed by atoms with Gasteiger partial charge in [-0.2, -0.15) is 0 Å². The molecule has 4 nitrogen and oxygen atoms in total. The highest BCUT2D eigenvalue weighted by Crippen LogP contribution is 2.47. The maximum atomic E-state index is 12.5. The Morgan fingerprint density at radius 1 is 1.05 bits per heavy atom. The lowest BCUT2D eigenvalue weighted by atomic mass is 9.76. The third-order valence-corrected chi connectivity index (χ3v) is 4.79. The lowest BCUT2D eigenvalue weighted by molar-refractivity contribution is -0.133. The number of hydrogen-bond acceptors (Lipinski definition) is 3. The Bertz CT molecular complexity index is 524. The number of nitrogens with one attached hydrogen (secondary N) is 1. The second-order valence-electron chi connectivity index (χ2n) is 6.38. The molecule has 21 heavy (non-hydrogen) atoms. The first-order valence-corrected chi connectivity index (χ1v) is 7.73. The van der Waals surface area contributed by atoms with Gasteiger partial charge in [0.2, 0.25) is 11.8 Å². The van der Waals surface area contributed by atoms with E-state index in [1.54, 1.807) is 0 Å². The molecule has 1 spiro atoms.